The van der Waals surface area contributed by atoms with Gasteiger partial charge in [0.2, 0.25) is 10.0 Å². The van der Waals surface area contributed by atoms with Crippen LogP contribution in [-0.2, 0) is 26.0 Å². The van der Waals surface area contributed by atoms with Crippen LogP contribution in [0.3, 0.4) is 0 Å². The maximum absolute atomic E-state index is 12.3. The van der Waals surface area contributed by atoms with Crippen LogP contribution in [-0.4, -0.2) is 37.2 Å². The van der Waals surface area contributed by atoms with E-state index in [1.807, 2.05) is 12.1 Å². The summed E-state index contributed by atoms with van der Waals surface area (Å²) in [7, 11) is -3.47. The standard InChI is InChI=1S/C20H23N3O5S/c1-2-10-29(27,28)23-15-8-5-7-14(12-15)21-19(25)20(26)22-18-16-9-4-3-6-13(16)11-17(18)24/h3-9,12,17-18,23-24H,2,10-11H2,1H3,(H,21,25)(H,22,26)/t17-,18+/m1/s1. The second-order valence-electron chi connectivity index (χ2n) is 6.88. The summed E-state index contributed by atoms with van der Waals surface area (Å²) in [5.74, 6) is -1.81. The lowest BCUT2D eigenvalue weighted by atomic mass is 10.1. The van der Waals surface area contributed by atoms with Crippen molar-refractivity contribution in [2.45, 2.75) is 31.9 Å². The molecule has 2 atom stereocenters. The highest BCUT2D eigenvalue weighted by Crippen LogP contribution is 2.31. The number of nitrogens with one attached hydrogen (secondary N) is 3. The molecule has 0 heterocycles. The first-order valence-electron chi connectivity index (χ1n) is 9.27. The third-order valence-electron chi connectivity index (χ3n) is 4.56. The summed E-state index contributed by atoms with van der Waals surface area (Å²) in [6.45, 7) is 1.76. The van der Waals surface area contributed by atoms with Crippen molar-refractivity contribution in [2.24, 2.45) is 0 Å². The molecule has 0 aliphatic heterocycles. The second kappa shape index (κ2) is 8.62. The van der Waals surface area contributed by atoms with E-state index in [9.17, 15) is 23.1 Å². The van der Waals surface area contributed by atoms with Gasteiger partial charge in [0, 0.05) is 12.1 Å². The van der Waals surface area contributed by atoms with Crippen LogP contribution < -0.4 is 15.4 Å². The molecule has 0 saturated heterocycles. The maximum atomic E-state index is 12.3. The van der Waals surface area contributed by atoms with Crippen molar-refractivity contribution < 1.29 is 23.1 Å². The lowest BCUT2D eigenvalue weighted by Crippen LogP contribution is -2.40. The van der Waals surface area contributed by atoms with Gasteiger partial charge >= 0.3 is 11.8 Å². The quantitative estimate of drug-likeness (QED) is 0.531. The molecule has 4 N–H and O–H groups in total. The van der Waals surface area contributed by atoms with Crippen molar-refractivity contribution in [3.8, 4) is 0 Å². The third-order valence-corrected chi connectivity index (χ3v) is 6.06. The number of carbonyl (C=O) groups excluding carboxylic acids is 2. The minimum Gasteiger partial charge on any atom is -0.390 e. The van der Waals surface area contributed by atoms with E-state index in [0.717, 1.165) is 11.1 Å². The zero-order valence-corrected chi connectivity index (χ0v) is 16.7. The fraction of sp³-hybridized carbons (Fsp3) is 0.300. The van der Waals surface area contributed by atoms with Crippen LogP contribution in [0.4, 0.5) is 11.4 Å². The number of amides is 2. The van der Waals surface area contributed by atoms with Crippen LogP contribution in [0, 0.1) is 0 Å². The molecule has 0 fully saturated rings. The molecule has 154 valence electrons. The average Bonchev–Trinajstić information content (AvgIpc) is 2.97. The molecular weight excluding hydrogens is 394 g/mol. The monoisotopic (exact) mass is 417 g/mol. The van der Waals surface area contributed by atoms with Crippen molar-refractivity contribution in [3.05, 3.63) is 59.7 Å². The maximum Gasteiger partial charge on any atom is 0.313 e. The second-order valence-corrected chi connectivity index (χ2v) is 8.72. The van der Waals surface area contributed by atoms with Crippen molar-refractivity contribution in [1.82, 2.24) is 5.32 Å². The smallest absolute Gasteiger partial charge is 0.313 e. The minimum atomic E-state index is -3.47. The van der Waals surface area contributed by atoms with Gasteiger partial charge in [0.15, 0.2) is 0 Å². The molecule has 0 bridgehead atoms. The average molecular weight is 417 g/mol. The van der Waals surface area contributed by atoms with Gasteiger partial charge in [-0.05, 0) is 35.7 Å². The predicted molar refractivity (Wildman–Crippen MR) is 110 cm³/mol. The van der Waals surface area contributed by atoms with E-state index >= 15 is 0 Å². The zero-order chi connectivity index (χ0) is 21.0. The highest BCUT2D eigenvalue weighted by molar-refractivity contribution is 7.92. The Kier molecular flexibility index (Phi) is 6.19. The molecule has 2 aromatic rings. The Hall–Kier alpha value is -2.91. The van der Waals surface area contributed by atoms with Gasteiger partial charge in [-0.15, -0.1) is 0 Å². The Bertz CT molecular complexity index is 1020. The van der Waals surface area contributed by atoms with E-state index in [1.165, 1.54) is 6.07 Å². The summed E-state index contributed by atoms with van der Waals surface area (Å²) in [5.41, 5.74) is 2.28. The normalized spacial score (nSPS) is 18.0. The number of aliphatic hydroxyl groups excluding tert-OH is 1. The van der Waals surface area contributed by atoms with E-state index in [0.29, 0.717) is 12.8 Å². The molecule has 0 aromatic heterocycles. The largest absolute Gasteiger partial charge is 0.390 e. The molecule has 0 spiro atoms. The van der Waals surface area contributed by atoms with Crippen LogP contribution in [0.15, 0.2) is 48.5 Å². The van der Waals surface area contributed by atoms with Gasteiger partial charge in [0.1, 0.15) is 0 Å². The molecule has 29 heavy (non-hydrogen) atoms. The Morgan fingerprint density at radius 1 is 1.07 bits per heavy atom. The fourth-order valence-electron chi connectivity index (χ4n) is 3.30. The van der Waals surface area contributed by atoms with E-state index in [-0.39, 0.29) is 17.1 Å². The van der Waals surface area contributed by atoms with Gasteiger partial charge in [-0.2, -0.15) is 0 Å². The topological polar surface area (TPSA) is 125 Å². The Morgan fingerprint density at radius 3 is 2.55 bits per heavy atom. The summed E-state index contributed by atoms with van der Waals surface area (Å²) in [6, 6.07) is 12.8. The van der Waals surface area contributed by atoms with Gasteiger partial charge < -0.3 is 15.7 Å². The van der Waals surface area contributed by atoms with E-state index in [2.05, 4.69) is 15.4 Å². The Labute approximate surface area is 169 Å². The number of aliphatic hydroxyl groups is 1. The van der Waals surface area contributed by atoms with Gasteiger partial charge in [-0.25, -0.2) is 8.42 Å². The lowest BCUT2D eigenvalue weighted by Gasteiger charge is -2.17. The van der Waals surface area contributed by atoms with Crippen LogP contribution in [0.25, 0.3) is 0 Å². The van der Waals surface area contributed by atoms with Crippen molar-refractivity contribution in [1.29, 1.82) is 0 Å². The van der Waals surface area contributed by atoms with Crippen molar-refractivity contribution >= 4 is 33.2 Å². The number of rotatable bonds is 6. The number of hydrogen-bond acceptors (Lipinski definition) is 5. The van der Waals surface area contributed by atoms with Crippen molar-refractivity contribution in [3.63, 3.8) is 0 Å². The van der Waals surface area contributed by atoms with Gasteiger partial charge in [0.05, 0.1) is 23.6 Å². The summed E-state index contributed by atoms with van der Waals surface area (Å²) in [5, 5.41) is 15.2. The molecular formula is C20H23N3O5S. The van der Waals surface area contributed by atoms with Gasteiger partial charge in [0.25, 0.3) is 0 Å². The number of carbonyl (C=O) groups is 2. The van der Waals surface area contributed by atoms with Gasteiger partial charge in [-0.3, -0.25) is 14.3 Å². The molecule has 8 nitrogen and oxygen atoms in total. The first kappa shape index (κ1) is 20.8. The molecule has 0 radical (unpaired) electrons. The number of benzene rings is 2. The van der Waals surface area contributed by atoms with Crippen LogP contribution in [0.5, 0.6) is 0 Å². The molecule has 3 rings (SSSR count). The highest BCUT2D eigenvalue weighted by Gasteiger charge is 2.33. The Morgan fingerprint density at radius 2 is 1.79 bits per heavy atom. The molecule has 1 aliphatic rings. The molecule has 0 saturated carbocycles. The molecule has 2 aromatic carbocycles. The third kappa shape index (κ3) is 5.12. The molecule has 9 heteroatoms. The lowest BCUT2D eigenvalue weighted by molar-refractivity contribution is -0.137. The number of sulfonamides is 1. The summed E-state index contributed by atoms with van der Waals surface area (Å²) in [6.07, 6.45) is 0.0746. The fourth-order valence-corrected chi connectivity index (χ4v) is 4.43. The number of hydrogen-bond donors (Lipinski definition) is 4. The number of anilines is 2. The van der Waals surface area contributed by atoms with Crippen LogP contribution in [0.2, 0.25) is 0 Å². The molecule has 0 unspecified atom stereocenters. The Balaban J connectivity index is 1.65. The summed E-state index contributed by atoms with van der Waals surface area (Å²) in [4.78, 5) is 24.6. The molecule has 1 aliphatic carbocycles. The number of fused-ring (bicyclic) bond motifs is 1. The highest BCUT2D eigenvalue weighted by atomic mass is 32.2. The predicted octanol–water partition coefficient (Wildman–Crippen LogP) is 1.55. The first-order valence-corrected chi connectivity index (χ1v) is 10.9. The first-order chi connectivity index (χ1) is 13.8. The molecule has 2 amide bonds. The van der Waals surface area contributed by atoms with Crippen molar-refractivity contribution in [2.75, 3.05) is 15.8 Å². The van der Waals surface area contributed by atoms with Crippen LogP contribution >= 0.6 is 0 Å². The summed E-state index contributed by atoms with van der Waals surface area (Å²) < 4.78 is 26.2. The zero-order valence-electron chi connectivity index (χ0n) is 15.9. The van der Waals surface area contributed by atoms with Crippen LogP contribution in [0.1, 0.15) is 30.5 Å². The minimum absolute atomic E-state index is 0.0167. The van der Waals surface area contributed by atoms with Gasteiger partial charge in [-0.1, -0.05) is 37.3 Å². The van der Waals surface area contributed by atoms with E-state index < -0.39 is 34.0 Å². The van der Waals surface area contributed by atoms with E-state index in [1.54, 1.807) is 37.3 Å². The summed E-state index contributed by atoms with van der Waals surface area (Å²) >= 11 is 0. The SMILES string of the molecule is CCCS(=O)(=O)Nc1cccc(NC(=O)C(=O)N[C@H]2c3ccccc3C[C@H]2O)c1. The van der Waals surface area contributed by atoms with E-state index in [4.69, 9.17) is 0 Å².